The number of rotatable bonds is 3. The van der Waals surface area contributed by atoms with Gasteiger partial charge in [-0.25, -0.2) is 0 Å². The molecular formula is C15H22O4. The second kappa shape index (κ2) is 5.57. The first-order valence-electron chi connectivity index (χ1n) is 6.90. The summed E-state index contributed by atoms with van der Waals surface area (Å²) >= 11 is 0. The number of aliphatic hydroxyl groups excluding tert-OH is 3. The Morgan fingerprint density at radius 1 is 1.32 bits per heavy atom. The molecule has 4 nitrogen and oxygen atoms in total. The highest BCUT2D eigenvalue weighted by Crippen LogP contribution is 2.39. The Labute approximate surface area is 113 Å². The number of allylic oxidation sites excluding steroid dienone is 3. The van der Waals surface area contributed by atoms with E-state index in [0.29, 0.717) is 18.4 Å². The fourth-order valence-corrected chi connectivity index (χ4v) is 3.18. The van der Waals surface area contributed by atoms with Crippen molar-refractivity contribution in [2.75, 3.05) is 6.61 Å². The minimum Gasteiger partial charge on any atom is -0.396 e. The predicted octanol–water partition coefficient (Wildman–Crippen LogP) is 0.962. The summed E-state index contributed by atoms with van der Waals surface area (Å²) < 4.78 is 0. The van der Waals surface area contributed by atoms with Crippen molar-refractivity contribution in [2.45, 2.75) is 45.3 Å². The summed E-state index contributed by atoms with van der Waals surface area (Å²) in [7, 11) is 0. The smallest absolute Gasteiger partial charge is 0.163 e. The fourth-order valence-electron chi connectivity index (χ4n) is 3.18. The molecule has 0 amide bonds. The number of Topliss-reactive ketones (excluding diaryl/α,β-unsaturated/α-hetero) is 1. The topological polar surface area (TPSA) is 77.8 Å². The van der Waals surface area contributed by atoms with Gasteiger partial charge in [0.2, 0.25) is 0 Å². The van der Waals surface area contributed by atoms with Crippen LogP contribution in [0.15, 0.2) is 22.8 Å². The molecule has 0 aromatic carbocycles. The normalized spacial score (nSPS) is 35.8. The van der Waals surface area contributed by atoms with Crippen LogP contribution in [0.2, 0.25) is 0 Å². The van der Waals surface area contributed by atoms with E-state index < -0.39 is 12.2 Å². The van der Waals surface area contributed by atoms with Crippen LogP contribution in [0, 0.1) is 11.8 Å². The molecule has 4 heteroatoms. The molecule has 0 aromatic rings. The van der Waals surface area contributed by atoms with Gasteiger partial charge in [-0.05, 0) is 25.3 Å². The lowest BCUT2D eigenvalue weighted by Crippen LogP contribution is -2.31. The standard InChI is InChI=1S/C15H22O4/c1-3-9-5-11(13(17)4-8(9)2)12-6-10(7-16)14(18)15(12)19/h5,10,12,14-16,18-19H,3-4,6-7H2,1-2H3/t10-,12+,14-,15+/m1/s1. The molecule has 0 saturated heterocycles. The third kappa shape index (κ3) is 2.53. The van der Waals surface area contributed by atoms with Gasteiger partial charge in [0.15, 0.2) is 5.78 Å². The lowest BCUT2D eigenvalue weighted by Gasteiger charge is -2.23. The quantitative estimate of drug-likeness (QED) is 0.711. The van der Waals surface area contributed by atoms with Crippen molar-refractivity contribution in [1.82, 2.24) is 0 Å². The van der Waals surface area contributed by atoms with Gasteiger partial charge in [0.1, 0.15) is 0 Å². The van der Waals surface area contributed by atoms with Crippen molar-refractivity contribution in [2.24, 2.45) is 11.8 Å². The molecule has 1 saturated carbocycles. The largest absolute Gasteiger partial charge is 0.396 e. The van der Waals surface area contributed by atoms with Crippen LogP contribution >= 0.6 is 0 Å². The number of hydrogen-bond acceptors (Lipinski definition) is 4. The zero-order chi connectivity index (χ0) is 14.2. The zero-order valence-corrected chi connectivity index (χ0v) is 11.5. The fraction of sp³-hybridized carbons (Fsp3) is 0.667. The van der Waals surface area contributed by atoms with E-state index in [0.717, 1.165) is 17.6 Å². The van der Waals surface area contributed by atoms with Crippen LogP contribution in [-0.2, 0) is 4.79 Å². The van der Waals surface area contributed by atoms with Crippen LogP contribution in [-0.4, -0.2) is 39.9 Å². The molecule has 2 rings (SSSR count). The highest BCUT2D eigenvalue weighted by atomic mass is 16.3. The molecule has 19 heavy (non-hydrogen) atoms. The van der Waals surface area contributed by atoms with E-state index in [1.54, 1.807) is 0 Å². The van der Waals surface area contributed by atoms with Crippen molar-refractivity contribution in [3.8, 4) is 0 Å². The third-order valence-corrected chi connectivity index (χ3v) is 4.44. The van der Waals surface area contributed by atoms with Gasteiger partial charge in [-0.3, -0.25) is 4.79 Å². The van der Waals surface area contributed by atoms with Crippen LogP contribution in [0.25, 0.3) is 0 Å². The molecule has 106 valence electrons. The summed E-state index contributed by atoms with van der Waals surface area (Å²) in [5, 5.41) is 29.1. The summed E-state index contributed by atoms with van der Waals surface area (Å²) in [6, 6.07) is 0. The second-order valence-electron chi connectivity index (χ2n) is 5.62. The van der Waals surface area contributed by atoms with Crippen LogP contribution in [0.1, 0.15) is 33.1 Å². The molecule has 4 atom stereocenters. The Morgan fingerprint density at radius 2 is 2.00 bits per heavy atom. The van der Waals surface area contributed by atoms with Crippen LogP contribution in [0.4, 0.5) is 0 Å². The van der Waals surface area contributed by atoms with Crippen molar-refractivity contribution in [1.29, 1.82) is 0 Å². The van der Waals surface area contributed by atoms with Crippen molar-refractivity contribution in [3.63, 3.8) is 0 Å². The Morgan fingerprint density at radius 3 is 2.53 bits per heavy atom. The minimum absolute atomic E-state index is 0.0320. The monoisotopic (exact) mass is 266 g/mol. The number of carbonyl (C=O) groups is 1. The molecule has 3 N–H and O–H groups in total. The van der Waals surface area contributed by atoms with Gasteiger partial charge in [-0.2, -0.15) is 0 Å². The molecule has 1 fully saturated rings. The van der Waals surface area contributed by atoms with Crippen molar-refractivity contribution < 1.29 is 20.1 Å². The molecule has 2 aliphatic rings. The van der Waals surface area contributed by atoms with Gasteiger partial charge in [0.05, 0.1) is 12.2 Å². The third-order valence-electron chi connectivity index (χ3n) is 4.44. The number of aliphatic hydroxyl groups is 3. The molecule has 0 heterocycles. The van der Waals surface area contributed by atoms with Gasteiger partial charge >= 0.3 is 0 Å². The van der Waals surface area contributed by atoms with E-state index in [-0.39, 0.29) is 24.2 Å². The summed E-state index contributed by atoms with van der Waals surface area (Å²) in [4.78, 5) is 12.1. The molecule has 0 aliphatic heterocycles. The van der Waals surface area contributed by atoms with E-state index in [9.17, 15) is 20.1 Å². The Hall–Kier alpha value is -0.970. The first kappa shape index (κ1) is 14.4. The average molecular weight is 266 g/mol. The predicted molar refractivity (Wildman–Crippen MR) is 71.4 cm³/mol. The first-order valence-corrected chi connectivity index (χ1v) is 6.90. The molecule has 0 bridgehead atoms. The number of carbonyl (C=O) groups excluding carboxylic acids is 1. The molecule has 0 aromatic heterocycles. The summed E-state index contributed by atoms with van der Waals surface area (Å²) in [6.45, 7) is 3.84. The van der Waals surface area contributed by atoms with Gasteiger partial charge in [0.25, 0.3) is 0 Å². The number of ketones is 1. The van der Waals surface area contributed by atoms with Crippen LogP contribution < -0.4 is 0 Å². The zero-order valence-electron chi connectivity index (χ0n) is 11.5. The molecule has 2 aliphatic carbocycles. The summed E-state index contributed by atoms with van der Waals surface area (Å²) in [5.74, 6) is -0.662. The Bertz CT molecular complexity index is 435. The van der Waals surface area contributed by atoms with Gasteiger partial charge in [0, 0.05) is 30.4 Å². The van der Waals surface area contributed by atoms with Gasteiger partial charge in [-0.15, -0.1) is 0 Å². The van der Waals surface area contributed by atoms with E-state index in [4.69, 9.17) is 0 Å². The summed E-state index contributed by atoms with van der Waals surface area (Å²) in [6.07, 6.45) is 1.70. The maximum absolute atomic E-state index is 12.1. The lowest BCUT2D eigenvalue weighted by molar-refractivity contribution is -0.116. The average Bonchev–Trinajstić information content (AvgIpc) is 2.67. The molecule has 0 radical (unpaired) electrons. The van der Waals surface area contributed by atoms with Crippen molar-refractivity contribution in [3.05, 3.63) is 22.8 Å². The minimum atomic E-state index is -0.955. The van der Waals surface area contributed by atoms with Crippen LogP contribution in [0.3, 0.4) is 0 Å². The first-order chi connectivity index (χ1) is 8.99. The summed E-state index contributed by atoms with van der Waals surface area (Å²) in [5.41, 5.74) is 2.84. The van der Waals surface area contributed by atoms with Crippen LogP contribution in [0.5, 0.6) is 0 Å². The highest BCUT2D eigenvalue weighted by Gasteiger charge is 2.44. The Kier molecular flexibility index (Phi) is 4.23. The molecule has 0 spiro atoms. The maximum Gasteiger partial charge on any atom is 0.163 e. The SMILES string of the molecule is CCC1=C(C)CC(=O)C([C@@H]2C[C@H](CO)[C@@H](O)[C@H]2O)=C1. The molecule has 0 unspecified atom stereocenters. The van der Waals surface area contributed by atoms with E-state index in [1.807, 2.05) is 19.9 Å². The van der Waals surface area contributed by atoms with E-state index in [1.165, 1.54) is 0 Å². The Balaban J connectivity index is 2.29. The van der Waals surface area contributed by atoms with E-state index in [2.05, 4.69) is 0 Å². The van der Waals surface area contributed by atoms with E-state index >= 15 is 0 Å². The second-order valence-corrected chi connectivity index (χ2v) is 5.62. The van der Waals surface area contributed by atoms with Gasteiger partial charge < -0.3 is 15.3 Å². The number of hydrogen-bond donors (Lipinski definition) is 3. The van der Waals surface area contributed by atoms with Gasteiger partial charge in [-0.1, -0.05) is 18.6 Å². The maximum atomic E-state index is 12.1. The lowest BCUT2D eigenvalue weighted by atomic mass is 9.82. The highest BCUT2D eigenvalue weighted by molar-refractivity contribution is 5.99. The molecular weight excluding hydrogens is 244 g/mol. The van der Waals surface area contributed by atoms with Crippen molar-refractivity contribution >= 4 is 5.78 Å².